The third kappa shape index (κ3) is 47.2. The molecule has 0 aliphatic rings. The van der Waals surface area contributed by atoms with Crippen molar-refractivity contribution in [3.63, 3.8) is 0 Å². The van der Waals surface area contributed by atoms with Gasteiger partial charge in [0.1, 0.15) is 0 Å². The summed E-state index contributed by atoms with van der Waals surface area (Å²) in [6, 6.07) is 0. The predicted molar refractivity (Wildman–Crippen MR) is 230 cm³/mol. The molecule has 0 fully saturated rings. The SMILES string of the molecule is CCCCCCCC/C=C/CCCCCCCCOC(=O)CCCCCCCCCCCCCCCCCCCCCCCCCCCCCC. The van der Waals surface area contributed by atoms with Crippen LogP contribution in [0.5, 0.6) is 0 Å². The van der Waals surface area contributed by atoms with Crippen molar-refractivity contribution in [2.45, 2.75) is 290 Å². The molecule has 2 heteroatoms. The Morgan fingerprint density at radius 2 is 0.549 bits per heavy atom. The molecule has 304 valence electrons. The van der Waals surface area contributed by atoms with Gasteiger partial charge in [-0.15, -0.1) is 0 Å². The fourth-order valence-corrected chi connectivity index (χ4v) is 7.55. The van der Waals surface area contributed by atoms with Gasteiger partial charge in [0.25, 0.3) is 0 Å². The van der Waals surface area contributed by atoms with Gasteiger partial charge in [-0.05, 0) is 38.5 Å². The van der Waals surface area contributed by atoms with E-state index in [1.165, 1.54) is 257 Å². The van der Waals surface area contributed by atoms with E-state index in [-0.39, 0.29) is 5.97 Å². The molecule has 0 amide bonds. The number of rotatable bonds is 45. The van der Waals surface area contributed by atoms with Crippen molar-refractivity contribution in [1.82, 2.24) is 0 Å². The second-order valence-electron chi connectivity index (χ2n) is 16.5. The molecule has 0 radical (unpaired) electrons. The molecule has 0 heterocycles. The van der Waals surface area contributed by atoms with Crippen LogP contribution in [0.1, 0.15) is 290 Å². The van der Waals surface area contributed by atoms with E-state index in [4.69, 9.17) is 4.74 Å². The monoisotopic (exact) mass is 717 g/mol. The molecule has 0 aliphatic heterocycles. The zero-order chi connectivity index (χ0) is 36.8. The van der Waals surface area contributed by atoms with Gasteiger partial charge in [-0.2, -0.15) is 0 Å². The fraction of sp³-hybridized carbons (Fsp3) is 0.939. The number of ether oxygens (including phenoxy) is 1. The van der Waals surface area contributed by atoms with Crippen molar-refractivity contribution in [3.8, 4) is 0 Å². The highest BCUT2D eigenvalue weighted by molar-refractivity contribution is 5.69. The molecule has 0 unspecified atom stereocenters. The molecule has 0 rings (SSSR count). The van der Waals surface area contributed by atoms with Gasteiger partial charge in [0, 0.05) is 6.42 Å². The van der Waals surface area contributed by atoms with Crippen molar-refractivity contribution in [2.75, 3.05) is 6.61 Å². The number of hydrogen-bond donors (Lipinski definition) is 0. The van der Waals surface area contributed by atoms with Crippen LogP contribution in [-0.4, -0.2) is 12.6 Å². The van der Waals surface area contributed by atoms with Crippen molar-refractivity contribution in [1.29, 1.82) is 0 Å². The molecule has 0 aromatic carbocycles. The maximum absolute atomic E-state index is 12.0. The summed E-state index contributed by atoms with van der Waals surface area (Å²) in [6.45, 7) is 5.21. The van der Waals surface area contributed by atoms with Gasteiger partial charge in [0.05, 0.1) is 6.61 Å². The van der Waals surface area contributed by atoms with Crippen molar-refractivity contribution >= 4 is 5.97 Å². The third-order valence-electron chi connectivity index (χ3n) is 11.2. The van der Waals surface area contributed by atoms with Gasteiger partial charge in [-0.1, -0.05) is 257 Å². The average molecular weight is 717 g/mol. The minimum absolute atomic E-state index is 0.0255. The summed E-state index contributed by atoms with van der Waals surface area (Å²) in [5.41, 5.74) is 0. The van der Waals surface area contributed by atoms with Crippen LogP contribution in [-0.2, 0) is 9.53 Å². The summed E-state index contributed by atoms with van der Waals surface area (Å²) in [7, 11) is 0. The first-order chi connectivity index (χ1) is 25.3. The van der Waals surface area contributed by atoms with E-state index >= 15 is 0 Å². The Kier molecular flexibility index (Phi) is 46.5. The van der Waals surface area contributed by atoms with Crippen molar-refractivity contribution in [2.24, 2.45) is 0 Å². The highest BCUT2D eigenvalue weighted by atomic mass is 16.5. The lowest BCUT2D eigenvalue weighted by Gasteiger charge is -2.06. The largest absolute Gasteiger partial charge is 0.466 e. The molecule has 0 aromatic heterocycles. The van der Waals surface area contributed by atoms with Gasteiger partial charge < -0.3 is 4.74 Å². The Morgan fingerprint density at radius 3 is 0.843 bits per heavy atom. The molecule has 0 aromatic rings. The summed E-state index contributed by atoms with van der Waals surface area (Å²) in [4.78, 5) is 12.0. The Balaban J connectivity index is 3.16. The van der Waals surface area contributed by atoms with Gasteiger partial charge in [-0.3, -0.25) is 4.79 Å². The third-order valence-corrected chi connectivity index (χ3v) is 11.2. The molecule has 0 aliphatic carbocycles. The molecule has 0 saturated carbocycles. The van der Waals surface area contributed by atoms with Crippen LogP contribution in [0.25, 0.3) is 0 Å². The Labute approximate surface area is 323 Å². The number of carbonyl (C=O) groups is 1. The van der Waals surface area contributed by atoms with Crippen LogP contribution in [0.4, 0.5) is 0 Å². The number of esters is 1. The molecular weight excluding hydrogens is 621 g/mol. The summed E-state index contributed by atoms with van der Waals surface area (Å²) < 4.78 is 5.47. The lowest BCUT2D eigenvalue weighted by molar-refractivity contribution is -0.143. The number of unbranched alkanes of at least 4 members (excludes halogenated alkanes) is 39. The van der Waals surface area contributed by atoms with E-state index < -0.39 is 0 Å². The molecule has 0 N–H and O–H groups in total. The standard InChI is InChI=1S/C49H96O2/c1-3-5-7-9-11-13-15-17-19-21-22-23-24-25-26-27-28-29-30-31-32-33-35-37-39-41-43-45-47-49(50)51-48-46-44-42-40-38-36-34-20-18-16-14-12-10-8-6-4-2/h18,20H,3-17,19,21-48H2,1-2H3/b20-18+. The lowest BCUT2D eigenvalue weighted by Crippen LogP contribution is -2.05. The normalized spacial score (nSPS) is 11.6. The second-order valence-corrected chi connectivity index (χ2v) is 16.5. The van der Waals surface area contributed by atoms with E-state index in [0.717, 1.165) is 12.8 Å². The van der Waals surface area contributed by atoms with E-state index in [2.05, 4.69) is 26.0 Å². The molecule has 2 nitrogen and oxygen atoms in total. The molecule has 0 spiro atoms. The molecule has 51 heavy (non-hydrogen) atoms. The first kappa shape index (κ1) is 50.2. The predicted octanol–water partition coefficient (Wildman–Crippen LogP) is 17.9. The second kappa shape index (κ2) is 47.2. The van der Waals surface area contributed by atoms with E-state index in [0.29, 0.717) is 13.0 Å². The van der Waals surface area contributed by atoms with E-state index in [1.807, 2.05) is 0 Å². The summed E-state index contributed by atoms with van der Waals surface area (Å²) >= 11 is 0. The first-order valence-electron chi connectivity index (χ1n) is 24.1. The maximum Gasteiger partial charge on any atom is 0.305 e. The summed E-state index contributed by atoms with van der Waals surface area (Å²) in [5.74, 6) is 0.0255. The molecule has 0 bridgehead atoms. The lowest BCUT2D eigenvalue weighted by atomic mass is 10.0. The fourth-order valence-electron chi connectivity index (χ4n) is 7.55. The highest BCUT2D eigenvalue weighted by Crippen LogP contribution is 2.17. The smallest absolute Gasteiger partial charge is 0.305 e. The van der Waals surface area contributed by atoms with Gasteiger partial charge in [0.15, 0.2) is 0 Å². The number of carbonyl (C=O) groups excluding carboxylic acids is 1. The Hall–Kier alpha value is -0.790. The van der Waals surface area contributed by atoms with Crippen molar-refractivity contribution in [3.05, 3.63) is 12.2 Å². The van der Waals surface area contributed by atoms with Crippen LogP contribution in [0.2, 0.25) is 0 Å². The van der Waals surface area contributed by atoms with Crippen LogP contribution in [0, 0.1) is 0 Å². The van der Waals surface area contributed by atoms with Gasteiger partial charge in [0.2, 0.25) is 0 Å². The first-order valence-corrected chi connectivity index (χ1v) is 24.1. The molecular formula is C49H96O2. The quantitative estimate of drug-likeness (QED) is 0.0356. The van der Waals surface area contributed by atoms with Crippen LogP contribution in [0.15, 0.2) is 12.2 Å². The average Bonchev–Trinajstić information content (AvgIpc) is 3.14. The topological polar surface area (TPSA) is 26.3 Å². The zero-order valence-corrected chi connectivity index (χ0v) is 35.6. The maximum atomic E-state index is 12.0. The summed E-state index contributed by atoms with van der Waals surface area (Å²) in [5, 5.41) is 0. The van der Waals surface area contributed by atoms with Gasteiger partial charge in [-0.25, -0.2) is 0 Å². The van der Waals surface area contributed by atoms with Crippen LogP contribution >= 0.6 is 0 Å². The Morgan fingerprint density at radius 1 is 0.314 bits per heavy atom. The van der Waals surface area contributed by atoms with Crippen LogP contribution in [0.3, 0.4) is 0 Å². The van der Waals surface area contributed by atoms with E-state index in [9.17, 15) is 4.79 Å². The van der Waals surface area contributed by atoms with Crippen LogP contribution < -0.4 is 0 Å². The zero-order valence-electron chi connectivity index (χ0n) is 35.6. The molecule has 0 saturated heterocycles. The molecule has 0 atom stereocenters. The van der Waals surface area contributed by atoms with E-state index in [1.54, 1.807) is 0 Å². The number of hydrogen-bond acceptors (Lipinski definition) is 2. The van der Waals surface area contributed by atoms with Gasteiger partial charge >= 0.3 is 5.97 Å². The number of allylic oxidation sites excluding steroid dienone is 2. The minimum Gasteiger partial charge on any atom is -0.466 e. The van der Waals surface area contributed by atoms with Crippen molar-refractivity contribution < 1.29 is 9.53 Å². The summed E-state index contributed by atoms with van der Waals surface area (Å²) in [6.07, 6.45) is 63.4. The Bertz CT molecular complexity index is 655. The highest BCUT2D eigenvalue weighted by Gasteiger charge is 2.03. The minimum atomic E-state index is 0.0255.